The van der Waals surface area contributed by atoms with E-state index in [1.807, 2.05) is 0 Å². The van der Waals surface area contributed by atoms with Crippen molar-refractivity contribution in [1.82, 2.24) is 0 Å². The molecule has 0 aliphatic heterocycles. The van der Waals surface area contributed by atoms with E-state index in [0.717, 1.165) is 0 Å². The van der Waals surface area contributed by atoms with Crippen molar-refractivity contribution in [3.8, 4) is 0 Å². The van der Waals surface area contributed by atoms with Crippen molar-refractivity contribution < 1.29 is 0 Å². The summed E-state index contributed by atoms with van der Waals surface area (Å²) in [5.74, 6) is 0. The summed E-state index contributed by atoms with van der Waals surface area (Å²) in [4.78, 5) is 0. The molecule has 0 amide bonds. The van der Waals surface area contributed by atoms with Crippen LogP contribution in [-0.2, 0) is 10.8 Å². The van der Waals surface area contributed by atoms with Gasteiger partial charge in [0, 0.05) is 10.8 Å². The lowest BCUT2D eigenvalue weighted by atomic mass is 9.29. The highest BCUT2D eigenvalue weighted by molar-refractivity contribution is 5.82. The zero-order chi connectivity index (χ0) is 16.7. The van der Waals surface area contributed by atoms with Gasteiger partial charge in [0.2, 0.25) is 0 Å². The topological polar surface area (TPSA) is 0 Å². The van der Waals surface area contributed by atoms with Gasteiger partial charge in [-0.05, 0) is 85.0 Å². The number of hydrogen-bond acceptors (Lipinski definition) is 0. The summed E-state index contributed by atoms with van der Waals surface area (Å²) in [5, 5.41) is 0. The number of benzene rings is 2. The van der Waals surface area contributed by atoms with Crippen molar-refractivity contribution in [2.45, 2.75) is 77.0 Å². The molecule has 3 aliphatic carbocycles. The molecule has 0 radical (unpaired) electrons. The largest absolute Gasteiger partial charge is 0.0587 e. The zero-order valence-corrected chi connectivity index (χ0v) is 15.6. The van der Waals surface area contributed by atoms with Crippen LogP contribution in [0, 0.1) is 27.7 Å². The summed E-state index contributed by atoms with van der Waals surface area (Å²) in [5.41, 5.74) is 13.6. The number of rotatable bonds is 0. The van der Waals surface area contributed by atoms with Gasteiger partial charge in [0.1, 0.15) is 0 Å². The molecule has 0 heterocycles. The van der Waals surface area contributed by atoms with Crippen molar-refractivity contribution in [3.63, 3.8) is 0 Å². The van der Waals surface area contributed by atoms with Crippen LogP contribution in [0.5, 0.6) is 0 Å². The molecule has 0 heteroatoms. The summed E-state index contributed by atoms with van der Waals surface area (Å²) >= 11 is 0. The smallest absolute Gasteiger partial charge is 0.0352 e. The van der Waals surface area contributed by atoms with E-state index >= 15 is 0 Å². The molecule has 0 atom stereocenters. The maximum absolute atomic E-state index is 2.37. The summed E-state index contributed by atoms with van der Waals surface area (Å²) in [6, 6.07) is 9.48. The lowest BCUT2D eigenvalue weighted by Gasteiger charge is -2.72. The van der Waals surface area contributed by atoms with Crippen LogP contribution in [-0.4, -0.2) is 0 Å². The first-order valence-corrected chi connectivity index (χ1v) is 9.78. The Kier molecular flexibility index (Phi) is 2.79. The molecule has 124 valence electrons. The van der Waals surface area contributed by atoms with Crippen LogP contribution < -0.4 is 0 Å². The first kappa shape index (κ1) is 14.8. The Bertz CT molecular complexity index is 737. The van der Waals surface area contributed by atoms with Crippen LogP contribution in [0.15, 0.2) is 24.3 Å². The molecule has 24 heavy (non-hydrogen) atoms. The molecular formula is C24H28. The predicted molar refractivity (Wildman–Crippen MR) is 101 cm³/mol. The average molecular weight is 316 g/mol. The van der Waals surface area contributed by atoms with E-state index in [-0.39, 0.29) is 0 Å². The summed E-state index contributed by atoms with van der Waals surface area (Å²) < 4.78 is 0. The third-order valence-corrected chi connectivity index (χ3v) is 7.53. The van der Waals surface area contributed by atoms with Gasteiger partial charge in [-0.2, -0.15) is 0 Å². The van der Waals surface area contributed by atoms with Gasteiger partial charge in [-0.3, -0.25) is 0 Å². The molecule has 0 spiro atoms. The molecule has 0 N–H and O–H groups in total. The molecule has 1 fully saturated rings. The van der Waals surface area contributed by atoms with Gasteiger partial charge in [-0.15, -0.1) is 0 Å². The summed E-state index contributed by atoms with van der Waals surface area (Å²) in [6.45, 7) is 9.38. The van der Waals surface area contributed by atoms with Crippen LogP contribution >= 0.6 is 0 Å². The number of hydrogen-bond donors (Lipinski definition) is 0. The first-order valence-electron chi connectivity index (χ1n) is 9.78. The van der Waals surface area contributed by atoms with E-state index in [9.17, 15) is 0 Å². The highest BCUT2D eigenvalue weighted by Crippen LogP contribution is 2.77. The van der Waals surface area contributed by atoms with Crippen molar-refractivity contribution in [2.75, 3.05) is 0 Å². The van der Waals surface area contributed by atoms with Crippen LogP contribution in [0.3, 0.4) is 0 Å². The Hall–Kier alpha value is -1.56. The SMILES string of the molecule is Cc1ccc(C)c2c1C13CCCCCCC21c1c(C)ccc(C)c13. The van der Waals surface area contributed by atoms with Gasteiger partial charge >= 0.3 is 0 Å². The quantitative estimate of drug-likeness (QED) is 0.545. The molecule has 3 aliphatic rings. The molecule has 0 aromatic heterocycles. The minimum absolute atomic E-state index is 0.338. The second-order valence-corrected chi connectivity index (χ2v) is 8.62. The average Bonchev–Trinajstić information content (AvgIpc) is 2.55. The molecule has 2 aromatic rings. The number of aryl methyl sites for hydroxylation is 4. The Morgan fingerprint density at radius 2 is 0.792 bits per heavy atom. The highest BCUT2D eigenvalue weighted by Gasteiger charge is 2.73. The molecule has 0 saturated heterocycles. The van der Waals surface area contributed by atoms with Gasteiger partial charge in [-0.1, -0.05) is 49.9 Å². The molecule has 2 aromatic carbocycles. The molecule has 0 bridgehead atoms. The maximum atomic E-state index is 2.37. The van der Waals surface area contributed by atoms with Crippen LogP contribution in [0.2, 0.25) is 0 Å². The number of fused-ring (bicyclic) bond motifs is 2. The Balaban J connectivity index is 1.91. The van der Waals surface area contributed by atoms with E-state index in [1.165, 1.54) is 60.8 Å². The van der Waals surface area contributed by atoms with Crippen LogP contribution in [0.25, 0.3) is 0 Å². The Morgan fingerprint density at radius 1 is 0.500 bits per heavy atom. The first-order chi connectivity index (χ1) is 11.6. The molecule has 1 saturated carbocycles. The zero-order valence-electron chi connectivity index (χ0n) is 15.6. The molecule has 0 unspecified atom stereocenters. The van der Waals surface area contributed by atoms with Crippen molar-refractivity contribution >= 4 is 0 Å². The van der Waals surface area contributed by atoms with Gasteiger partial charge in [-0.25, -0.2) is 0 Å². The maximum Gasteiger partial charge on any atom is 0.0352 e. The normalized spacial score (nSPS) is 29.8. The Labute approximate surface area is 146 Å². The van der Waals surface area contributed by atoms with E-state index < -0.39 is 0 Å². The predicted octanol–water partition coefficient (Wildman–Crippen LogP) is 6.17. The highest BCUT2D eigenvalue weighted by atomic mass is 14.7. The lowest BCUT2D eigenvalue weighted by Crippen LogP contribution is -2.69. The van der Waals surface area contributed by atoms with Crippen LogP contribution in [0.1, 0.15) is 83.0 Å². The third kappa shape index (κ3) is 1.32. The van der Waals surface area contributed by atoms with Crippen molar-refractivity contribution in [2.24, 2.45) is 0 Å². The molecule has 5 rings (SSSR count). The monoisotopic (exact) mass is 316 g/mol. The lowest BCUT2D eigenvalue weighted by molar-refractivity contribution is 0.139. The van der Waals surface area contributed by atoms with Gasteiger partial charge < -0.3 is 0 Å². The van der Waals surface area contributed by atoms with Crippen LogP contribution in [0.4, 0.5) is 0 Å². The second kappa shape index (κ2) is 4.54. The minimum Gasteiger partial charge on any atom is -0.0587 e. The van der Waals surface area contributed by atoms with Gasteiger partial charge in [0.05, 0.1) is 0 Å². The minimum atomic E-state index is 0.338. The van der Waals surface area contributed by atoms with Gasteiger partial charge in [0.25, 0.3) is 0 Å². The fourth-order valence-electron chi connectivity index (χ4n) is 6.86. The fraction of sp³-hybridized carbons (Fsp3) is 0.500. The second-order valence-electron chi connectivity index (χ2n) is 8.62. The third-order valence-electron chi connectivity index (χ3n) is 7.53. The molecular weight excluding hydrogens is 288 g/mol. The summed E-state index contributed by atoms with van der Waals surface area (Å²) in [6.07, 6.45) is 8.34. The van der Waals surface area contributed by atoms with E-state index in [2.05, 4.69) is 52.0 Å². The van der Waals surface area contributed by atoms with E-state index in [4.69, 9.17) is 0 Å². The summed E-state index contributed by atoms with van der Waals surface area (Å²) in [7, 11) is 0. The molecule has 0 nitrogen and oxygen atoms in total. The van der Waals surface area contributed by atoms with Crippen molar-refractivity contribution in [1.29, 1.82) is 0 Å². The fourth-order valence-corrected chi connectivity index (χ4v) is 6.86. The van der Waals surface area contributed by atoms with E-state index in [0.29, 0.717) is 10.8 Å². The van der Waals surface area contributed by atoms with Gasteiger partial charge in [0.15, 0.2) is 0 Å². The standard InChI is InChI=1S/C24H28/c1-15-9-10-16(2)20-19(15)23-13-7-5-6-8-14-24(20,23)22-18(4)12-11-17(3)21(22)23/h9-12H,5-8,13-14H2,1-4H3. The van der Waals surface area contributed by atoms with E-state index in [1.54, 1.807) is 22.3 Å². The van der Waals surface area contributed by atoms with Crippen molar-refractivity contribution in [3.05, 3.63) is 68.8 Å². The Morgan fingerprint density at radius 3 is 1.08 bits per heavy atom.